The summed E-state index contributed by atoms with van der Waals surface area (Å²) in [6, 6.07) is 5.28. The third-order valence-corrected chi connectivity index (χ3v) is 5.14. The molecule has 2 aromatic heterocycles. The van der Waals surface area contributed by atoms with Gasteiger partial charge in [0.05, 0.1) is 18.4 Å². The lowest BCUT2D eigenvalue weighted by atomic mass is 9.89. The minimum atomic E-state index is -0.218. The lowest BCUT2D eigenvalue weighted by molar-refractivity contribution is 0.416. The number of benzene rings is 1. The first-order chi connectivity index (χ1) is 12.6. The van der Waals surface area contributed by atoms with Crippen LogP contribution in [0.3, 0.4) is 0 Å². The molecule has 26 heavy (non-hydrogen) atoms. The van der Waals surface area contributed by atoms with Gasteiger partial charge in [0.1, 0.15) is 17.4 Å². The number of rotatable bonds is 3. The molecule has 0 unspecified atom stereocenters. The Morgan fingerprint density at radius 2 is 2.00 bits per heavy atom. The van der Waals surface area contributed by atoms with Crippen molar-refractivity contribution in [1.82, 2.24) is 19.4 Å². The van der Waals surface area contributed by atoms with E-state index < -0.39 is 0 Å². The molecule has 0 aliphatic heterocycles. The fraction of sp³-hybridized carbons (Fsp3) is 0.421. The average Bonchev–Trinajstić information content (AvgIpc) is 2.99. The monoisotopic (exact) mass is 353 g/mol. The van der Waals surface area contributed by atoms with Crippen LogP contribution >= 0.6 is 0 Å². The van der Waals surface area contributed by atoms with Crippen molar-refractivity contribution in [1.29, 1.82) is 0 Å². The molecular formula is C19H23N5O2. The molecule has 0 saturated heterocycles. The van der Waals surface area contributed by atoms with E-state index in [-0.39, 0.29) is 5.69 Å². The number of hydrogen-bond donors (Lipinski definition) is 2. The van der Waals surface area contributed by atoms with Gasteiger partial charge in [0, 0.05) is 17.7 Å². The quantitative estimate of drug-likeness (QED) is 0.705. The Morgan fingerprint density at radius 3 is 2.73 bits per heavy atom. The number of nitrogens with one attached hydrogen (secondary N) is 1. The number of aryl methyl sites for hydroxylation is 1. The van der Waals surface area contributed by atoms with Gasteiger partial charge >= 0.3 is 5.69 Å². The first kappa shape index (κ1) is 16.6. The van der Waals surface area contributed by atoms with Crippen LogP contribution in [0.5, 0.6) is 5.75 Å². The summed E-state index contributed by atoms with van der Waals surface area (Å²) in [6.07, 6.45) is 5.78. The lowest BCUT2D eigenvalue weighted by Gasteiger charge is -2.20. The van der Waals surface area contributed by atoms with Gasteiger partial charge in [0.2, 0.25) is 0 Å². The zero-order valence-corrected chi connectivity index (χ0v) is 15.1. The van der Waals surface area contributed by atoms with Gasteiger partial charge in [-0.1, -0.05) is 19.3 Å². The molecule has 1 saturated carbocycles. The van der Waals surface area contributed by atoms with Crippen molar-refractivity contribution in [3.8, 4) is 17.1 Å². The predicted molar refractivity (Wildman–Crippen MR) is 101 cm³/mol. The smallest absolute Gasteiger partial charge is 0.334 e. The van der Waals surface area contributed by atoms with E-state index >= 15 is 0 Å². The molecule has 7 nitrogen and oxygen atoms in total. The van der Waals surface area contributed by atoms with Crippen molar-refractivity contribution in [2.45, 2.75) is 44.9 Å². The van der Waals surface area contributed by atoms with Crippen molar-refractivity contribution in [2.75, 3.05) is 12.8 Å². The number of fused-ring (bicyclic) bond motifs is 1. The Balaban J connectivity index is 1.88. The number of nitrogens with two attached hydrogens (primary N) is 1. The number of imidazole rings is 1. The van der Waals surface area contributed by atoms with E-state index in [9.17, 15) is 4.79 Å². The molecule has 136 valence electrons. The number of methoxy groups -OCH3 is 1. The number of aromatic nitrogens is 4. The standard InChI is InChI=1S/C19H23N5O2/c1-11-17-22-16(14-9-8-13(20)10-15(14)26-2)23-19(25)24(17)18(21-11)12-6-4-3-5-7-12/h8-10,12H,3-7,20H2,1-2H3,(H,22,23,25). The summed E-state index contributed by atoms with van der Waals surface area (Å²) in [4.78, 5) is 25.1. The normalized spacial score (nSPS) is 15.5. The van der Waals surface area contributed by atoms with Crippen LogP contribution in [-0.4, -0.2) is 26.5 Å². The van der Waals surface area contributed by atoms with Crippen molar-refractivity contribution >= 4 is 11.3 Å². The molecular weight excluding hydrogens is 330 g/mol. The first-order valence-corrected chi connectivity index (χ1v) is 9.01. The van der Waals surface area contributed by atoms with Gasteiger partial charge in [-0.2, -0.15) is 0 Å². The summed E-state index contributed by atoms with van der Waals surface area (Å²) in [6.45, 7) is 1.90. The largest absolute Gasteiger partial charge is 0.496 e. The van der Waals surface area contributed by atoms with E-state index in [2.05, 4.69) is 9.97 Å². The first-order valence-electron chi connectivity index (χ1n) is 9.01. The zero-order chi connectivity index (χ0) is 18.3. The van der Waals surface area contributed by atoms with Crippen LogP contribution < -0.4 is 16.2 Å². The average molecular weight is 353 g/mol. The number of H-pyrrole nitrogens is 1. The molecule has 2 heterocycles. The second kappa shape index (κ2) is 6.48. The maximum atomic E-state index is 12.9. The molecule has 0 bridgehead atoms. The van der Waals surface area contributed by atoms with E-state index in [4.69, 9.17) is 15.5 Å². The minimum absolute atomic E-state index is 0.218. The summed E-state index contributed by atoms with van der Waals surface area (Å²) < 4.78 is 7.04. The molecule has 4 rings (SSSR count). The zero-order valence-electron chi connectivity index (χ0n) is 15.1. The molecule has 3 aromatic rings. The third-order valence-electron chi connectivity index (χ3n) is 5.14. The summed E-state index contributed by atoms with van der Waals surface area (Å²) >= 11 is 0. The highest BCUT2D eigenvalue weighted by Crippen LogP contribution is 2.33. The van der Waals surface area contributed by atoms with E-state index in [0.717, 1.165) is 24.4 Å². The Labute approximate surface area is 151 Å². The maximum absolute atomic E-state index is 12.9. The Hall–Kier alpha value is -2.83. The fourth-order valence-electron chi connectivity index (χ4n) is 3.83. The van der Waals surface area contributed by atoms with Crippen molar-refractivity contribution in [3.63, 3.8) is 0 Å². The lowest BCUT2D eigenvalue weighted by Crippen LogP contribution is -2.22. The SMILES string of the molecule is COc1cc(N)ccc1-c1nc2c(C)nc(C3CCCCC3)n2c(=O)[nH]1. The van der Waals surface area contributed by atoms with Gasteiger partial charge in [-0.25, -0.2) is 19.2 Å². The van der Waals surface area contributed by atoms with Gasteiger partial charge in [-0.05, 0) is 31.9 Å². The molecule has 0 radical (unpaired) electrons. The van der Waals surface area contributed by atoms with E-state index in [0.29, 0.717) is 34.4 Å². The number of nitrogens with zero attached hydrogens (tertiary/aromatic N) is 3. The second-order valence-electron chi connectivity index (χ2n) is 6.90. The third kappa shape index (κ3) is 2.73. The summed E-state index contributed by atoms with van der Waals surface area (Å²) in [5.74, 6) is 2.19. The van der Waals surface area contributed by atoms with Crippen LogP contribution in [-0.2, 0) is 0 Å². The Morgan fingerprint density at radius 1 is 1.23 bits per heavy atom. The van der Waals surface area contributed by atoms with E-state index in [1.807, 2.05) is 6.92 Å². The topological polar surface area (TPSA) is 98.3 Å². The highest BCUT2D eigenvalue weighted by Gasteiger charge is 2.24. The number of hydrogen-bond acceptors (Lipinski definition) is 5. The van der Waals surface area contributed by atoms with Crippen molar-refractivity contribution in [3.05, 3.63) is 40.2 Å². The van der Waals surface area contributed by atoms with Gasteiger partial charge in [0.15, 0.2) is 5.65 Å². The van der Waals surface area contributed by atoms with Gasteiger partial charge < -0.3 is 10.5 Å². The fourth-order valence-corrected chi connectivity index (χ4v) is 3.83. The van der Waals surface area contributed by atoms with Gasteiger partial charge in [-0.3, -0.25) is 4.98 Å². The highest BCUT2D eigenvalue weighted by molar-refractivity contribution is 5.69. The number of anilines is 1. The van der Waals surface area contributed by atoms with Crippen LogP contribution in [0.4, 0.5) is 5.69 Å². The van der Waals surface area contributed by atoms with E-state index in [1.54, 1.807) is 29.7 Å². The van der Waals surface area contributed by atoms with Crippen molar-refractivity contribution in [2.24, 2.45) is 0 Å². The molecule has 3 N–H and O–H groups in total. The minimum Gasteiger partial charge on any atom is -0.496 e. The molecule has 1 aliphatic rings. The molecule has 0 atom stereocenters. The molecule has 0 amide bonds. The molecule has 1 aromatic carbocycles. The van der Waals surface area contributed by atoms with Crippen LogP contribution in [0, 0.1) is 6.92 Å². The summed E-state index contributed by atoms with van der Waals surface area (Å²) in [5, 5.41) is 0. The summed E-state index contributed by atoms with van der Waals surface area (Å²) in [5.41, 5.74) is 8.27. The maximum Gasteiger partial charge on any atom is 0.334 e. The predicted octanol–water partition coefficient (Wildman–Crippen LogP) is 3.03. The number of aromatic amines is 1. The van der Waals surface area contributed by atoms with Crippen LogP contribution in [0.2, 0.25) is 0 Å². The molecule has 7 heteroatoms. The number of ether oxygens (including phenoxy) is 1. The van der Waals surface area contributed by atoms with Crippen molar-refractivity contribution < 1.29 is 4.74 Å². The Kier molecular flexibility index (Phi) is 4.14. The molecule has 1 aliphatic carbocycles. The van der Waals surface area contributed by atoms with Gasteiger partial charge in [-0.15, -0.1) is 0 Å². The second-order valence-corrected chi connectivity index (χ2v) is 6.90. The van der Waals surface area contributed by atoms with E-state index in [1.165, 1.54) is 19.3 Å². The number of nitrogen functional groups attached to an aromatic ring is 1. The van der Waals surface area contributed by atoms with Gasteiger partial charge in [0.25, 0.3) is 0 Å². The molecule has 1 fully saturated rings. The summed E-state index contributed by atoms with van der Waals surface area (Å²) in [7, 11) is 1.57. The van der Waals surface area contributed by atoms with Crippen LogP contribution in [0.15, 0.2) is 23.0 Å². The Bertz CT molecular complexity index is 1010. The highest BCUT2D eigenvalue weighted by atomic mass is 16.5. The van der Waals surface area contributed by atoms with Crippen LogP contribution in [0.1, 0.15) is 49.5 Å². The van der Waals surface area contributed by atoms with Crippen LogP contribution in [0.25, 0.3) is 17.0 Å². The molecule has 0 spiro atoms.